The smallest absolute Gasteiger partial charge is 0.0636 e. The van der Waals surface area contributed by atoms with E-state index in [4.69, 9.17) is 5.73 Å². The Hall–Kier alpha value is -1.05. The average Bonchev–Trinajstić information content (AvgIpc) is 2.02. The van der Waals surface area contributed by atoms with Gasteiger partial charge in [-0.25, -0.2) is 0 Å². The minimum atomic E-state index is -0.0350. The van der Waals surface area contributed by atoms with Crippen molar-refractivity contribution in [3.63, 3.8) is 0 Å². The second kappa shape index (κ2) is 4.99. The number of allylic oxidation sites excluding steroid dienone is 3. The van der Waals surface area contributed by atoms with E-state index < -0.39 is 0 Å². The van der Waals surface area contributed by atoms with Crippen LogP contribution in [0.1, 0.15) is 34.1 Å². The Kier molecular flexibility index (Phi) is 4.61. The molecule has 14 heavy (non-hydrogen) atoms. The van der Waals surface area contributed by atoms with E-state index >= 15 is 0 Å². The highest BCUT2D eigenvalue weighted by molar-refractivity contribution is 5.32. The zero-order valence-corrected chi connectivity index (χ0v) is 9.80. The van der Waals surface area contributed by atoms with Crippen LogP contribution in [-0.2, 0) is 0 Å². The highest BCUT2D eigenvalue weighted by atomic mass is 14.8. The van der Waals surface area contributed by atoms with Crippen molar-refractivity contribution in [2.75, 3.05) is 0 Å². The van der Waals surface area contributed by atoms with Gasteiger partial charge < -0.3 is 5.73 Å². The molecule has 0 aromatic carbocycles. The maximum Gasteiger partial charge on any atom is 0.0636 e. The summed E-state index contributed by atoms with van der Waals surface area (Å²) in [5, 5.41) is 0. The van der Waals surface area contributed by atoms with Gasteiger partial charge in [-0.15, -0.1) is 6.58 Å². The van der Waals surface area contributed by atoms with Crippen LogP contribution in [0, 0.1) is 11.3 Å². The number of rotatable bonds is 4. The van der Waals surface area contributed by atoms with Gasteiger partial charge >= 0.3 is 0 Å². The lowest BCUT2D eigenvalue weighted by molar-refractivity contribution is 0.486. The molecule has 0 bridgehead atoms. The zero-order valence-electron chi connectivity index (χ0n) is 9.80. The van der Waals surface area contributed by atoms with Gasteiger partial charge in [-0.3, -0.25) is 4.99 Å². The Morgan fingerprint density at radius 1 is 1.50 bits per heavy atom. The third kappa shape index (κ3) is 3.77. The molecular weight excluding hydrogens is 172 g/mol. The molecule has 1 atom stereocenters. The van der Waals surface area contributed by atoms with Crippen molar-refractivity contribution in [1.82, 2.24) is 0 Å². The molecule has 0 aliphatic heterocycles. The summed E-state index contributed by atoms with van der Waals surface area (Å²) in [7, 11) is 0. The van der Waals surface area contributed by atoms with Gasteiger partial charge in [0.2, 0.25) is 0 Å². The molecule has 0 saturated carbocycles. The molecule has 0 amide bonds. The molecule has 0 aliphatic rings. The second-order valence-electron chi connectivity index (χ2n) is 4.70. The molecule has 0 spiro atoms. The van der Waals surface area contributed by atoms with Crippen molar-refractivity contribution in [1.29, 1.82) is 0 Å². The zero-order chi connectivity index (χ0) is 11.4. The summed E-state index contributed by atoms with van der Waals surface area (Å²) in [6.07, 6.45) is 2.70. The molecule has 0 aromatic rings. The van der Waals surface area contributed by atoms with Crippen molar-refractivity contribution in [2.24, 2.45) is 22.1 Å². The quantitative estimate of drug-likeness (QED) is 0.542. The van der Waals surface area contributed by atoms with Crippen molar-refractivity contribution < 1.29 is 0 Å². The normalized spacial score (nSPS) is 15.7. The molecule has 0 aromatic heterocycles. The maximum absolute atomic E-state index is 5.99. The van der Waals surface area contributed by atoms with E-state index in [9.17, 15) is 0 Å². The van der Waals surface area contributed by atoms with Gasteiger partial charge in [0.25, 0.3) is 0 Å². The van der Waals surface area contributed by atoms with Crippen LogP contribution in [0.3, 0.4) is 0 Å². The van der Waals surface area contributed by atoms with Crippen LogP contribution in [0.4, 0.5) is 0 Å². The van der Waals surface area contributed by atoms with Crippen molar-refractivity contribution in [3.05, 3.63) is 24.0 Å². The minimum absolute atomic E-state index is 0.0350. The SMILES string of the molecule is C=CC(C)C/C(N)=C(\N=C)C(C)(C)C. The van der Waals surface area contributed by atoms with E-state index in [-0.39, 0.29) is 5.41 Å². The third-order valence-corrected chi connectivity index (χ3v) is 2.12. The lowest BCUT2D eigenvalue weighted by Gasteiger charge is -2.22. The Balaban J connectivity index is 4.85. The van der Waals surface area contributed by atoms with Crippen molar-refractivity contribution >= 4 is 6.72 Å². The van der Waals surface area contributed by atoms with Gasteiger partial charge in [-0.1, -0.05) is 33.8 Å². The molecule has 0 saturated heterocycles. The average molecular weight is 194 g/mol. The molecule has 0 fully saturated rings. The van der Waals surface area contributed by atoms with Gasteiger partial charge in [0.15, 0.2) is 0 Å². The van der Waals surface area contributed by atoms with Gasteiger partial charge in [0.05, 0.1) is 5.70 Å². The first-order valence-corrected chi connectivity index (χ1v) is 4.91. The molecule has 1 unspecified atom stereocenters. The van der Waals surface area contributed by atoms with Gasteiger partial charge in [0.1, 0.15) is 0 Å². The predicted octanol–water partition coefficient (Wildman–Crippen LogP) is 3.12. The molecule has 0 radical (unpaired) electrons. The van der Waals surface area contributed by atoms with E-state index in [1.165, 1.54) is 0 Å². The van der Waals surface area contributed by atoms with Crippen LogP contribution < -0.4 is 5.73 Å². The summed E-state index contributed by atoms with van der Waals surface area (Å²) >= 11 is 0. The highest BCUT2D eigenvalue weighted by Gasteiger charge is 2.19. The Bertz CT molecular complexity index is 244. The first-order valence-electron chi connectivity index (χ1n) is 4.91. The number of nitrogens with two attached hydrogens (primary N) is 1. The van der Waals surface area contributed by atoms with Crippen LogP contribution in [-0.4, -0.2) is 6.72 Å². The largest absolute Gasteiger partial charge is 0.401 e. The molecule has 0 rings (SSSR count). The second-order valence-corrected chi connectivity index (χ2v) is 4.70. The van der Waals surface area contributed by atoms with E-state index in [1.807, 2.05) is 6.08 Å². The lowest BCUT2D eigenvalue weighted by Crippen LogP contribution is -2.15. The van der Waals surface area contributed by atoms with Crippen LogP contribution in [0.2, 0.25) is 0 Å². The Morgan fingerprint density at radius 3 is 2.29 bits per heavy atom. The summed E-state index contributed by atoms with van der Waals surface area (Å²) in [4.78, 5) is 4.02. The molecule has 80 valence electrons. The summed E-state index contributed by atoms with van der Waals surface area (Å²) in [5.41, 5.74) is 7.67. The fourth-order valence-electron chi connectivity index (χ4n) is 1.35. The molecule has 0 aliphatic carbocycles. The summed E-state index contributed by atoms with van der Waals surface area (Å²) < 4.78 is 0. The van der Waals surface area contributed by atoms with Crippen LogP contribution in [0.5, 0.6) is 0 Å². The molecule has 2 nitrogen and oxygen atoms in total. The molecular formula is C12H22N2. The monoisotopic (exact) mass is 194 g/mol. The topological polar surface area (TPSA) is 38.4 Å². The van der Waals surface area contributed by atoms with E-state index in [1.54, 1.807) is 0 Å². The highest BCUT2D eigenvalue weighted by Crippen LogP contribution is 2.29. The van der Waals surface area contributed by atoms with Crippen molar-refractivity contribution in [3.8, 4) is 0 Å². The maximum atomic E-state index is 5.99. The van der Waals surface area contributed by atoms with E-state index in [2.05, 4.69) is 46.0 Å². The molecule has 0 heterocycles. The number of nitrogens with zero attached hydrogens (tertiary/aromatic N) is 1. The van der Waals surface area contributed by atoms with Crippen molar-refractivity contribution in [2.45, 2.75) is 34.1 Å². The summed E-state index contributed by atoms with van der Waals surface area (Å²) in [5.74, 6) is 0.383. The van der Waals surface area contributed by atoms with E-state index in [0.717, 1.165) is 17.8 Å². The van der Waals surface area contributed by atoms with Gasteiger partial charge in [-0.2, -0.15) is 0 Å². The summed E-state index contributed by atoms with van der Waals surface area (Å²) in [6, 6.07) is 0. The summed E-state index contributed by atoms with van der Waals surface area (Å²) in [6.45, 7) is 15.6. The lowest BCUT2D eigenvalue weighted by atomic mass is 9.89. The Morgan fingerprint density at radius 2 is 2.00 bits per heavy atom. The van der Waals surface area contributed by atoms with Gasteiger partial charge in [-0.05, 0) is 19.1 Å². The third-order valence-electron chi connectivity index (χ3n) is 2.12. The predicted molar refractivity (Wildman–Crippen MR) is 64.2 cm³/mol. The van der Waals surface area contributed by atoms with Crippen LogP contribution in [0.25, 0.3) is 0 Å². The van der Waals surface area contributed by atoms with Crippen LogP contribution in [0.15, 0.2) is 29.0 Å². The van der Waals surface area contributed by atoms with Crippen LogP contribution >= 0.6 is 0 Å². The number of hydrogen-bond acceptors (Lipinski definition) is 2. The first-order chi connectivity index (χ1) is 6.32. The Labute approximate surface area is 87.6 Å². The van der Waals surface area contributed by atoms with Gasteiger partial charge in [0, 0.05) is 11.1 Å². The number of hydrogen-bond donors (Lipinski definition) is 1. The molecule has 2 N–H and O–H groups in total. The fourth-order valence-corrected chi connectivity index (χ4v) is 1.35. The minimum Gasteiger partial charge on any atom is -0.401 e. The first kappa shape index (κ1) is 12.9. The number of aliphatic imine (C=N–C) groups is 1. The standard InChI is InChI=1S/C12H22N2/c1-7-9(2)8-10(13)11(14-6)12(3,4)5/h7,9H,1,6,8,13H2,2-5H3/b11-10+. The van der Waals surface area contributed by atoms with E-state index in [0.29, 0.717) is 5.92 Å². The molecule has 2 heteroatoms. The fraction of sp³-hybridized carbons (Fsp3) is 0.583.